The summed E-state index contributed by atoms with van der Waals surface area (Å²) in [7, 11) is 0. The molecular formula is C21H22FN3O2. The van der Waals surface area contributed by atoms with Crippen LogP contribution in [0.25, 0.3) is 0 Å². The fraction of sp³-hybridized carbons (Fsp3) is 0.381. The summed E-state index contributed by atoms with van der Waals surface area (Å²) >= 11 is 0. The summed E-state index contributed by atoms with van der Waals surface area (Å²) in [6.07, 6.45) is 6.16. The number of rotatable bonds is 5. The van der Waals surface area contributed by atoms with Crippen LogP contribution in [0.15, 0.2) is 42.6 Å². The number of nitrogens with zero attached hydrogens (tertiary/aromatic N) is 2. The van der Waals surface area contributed by atoms with Crippen LogP contribution in [0, 0.1) is 5.82 Å². The standard InChI is InChI=1S/C21H22FN3O2/c22-15-9-7-14(8-10-15)13-25-18(12-19(26)24-16-4-1-2-5-16)20-17(21(25)27)6-3-11-23-20/h3,6-11,16,18H,1-2,4-5,12-13H2,(H,24,26)/t18-/m1/s1. The summed E-state index contributed by atoms with van der Waals surface area (Å²) in [5.74, 6) is -0.507. The van der Waals surface area contributed by atoms with Gasteiger partial charge in [-0.2, -0.15) is 0 Å². The van der Waals surface area contributed by atoms with E-state index < -0.39 is 6.04 Å². The third-order valence-corrected chi connectivity index (χ3v) is 5.39. The van der Waals surface area contributed by atoms with Gasteiger partial charge in [-0.3, -0.25) is 14.6 Å². The number of benzene rings is 1. The van der Waals surface area contributed by atoms with Crippen LogP contribution in [0.1, 0.15) is 59.8 Å². The number of halogens is 1. The van der Waals surface area contributed by atoms with E-state index in [-0.39, 0.29) is 30.1 Å². The quantitative estimate of drug-likeness (QED) is 0.881. The van der Waals surface area contributed by atoms with Gasteiger partial charge in [-0.15, -0.1) is 0 Å². The number of hydrogen-bond donors (Lipinski definition) is 1. The Morgan fingerprint density at radius 3 is 2.67 bits per heavy atom. The van der Waals surface area contributed by atoms with Gasteiger partial charge in [0.15, 0.2) is 0 Å². The first-order valence-electron chi connectivity index (χ1n) is 9.41. The Morgan fingerprint density at radius 1 is 1.19 bits per heavy atom. The van der Waals surface area contributed by atoms with E-state index in [0.29, 0.717) is 17.8 Å². The molecule has 0 radical (unpaired) electrons. The van der Waals surface area contributed by atoms with Gasteiger partial charge in [-0.1, -0.05) is 25.0 Å². The molecule has 1 fully saturated rings. The van der Waals surface area contributed by atoms with Crippen molar-refractivity contribution in [2.45, 2.75) is 50.7 Å². The first-order chi connectivity index (χ1) is 13.1. The highest BCUT2D eigenvalue weighted by Gasteiger charge is 2.39. The Morgan fingerprint density at radius 2 is 1.93 bits per heavy atom. The second-order valence-corrected chi connectivity index (χ2v) is 7.26. The predicted molar refractivity (Wildman–Crippen MR) is 98.3 cm³/mol. The SMILES string of the molecule is O=C(C[C@@H]1c2ncccc2C(=O)N1Cc1ccc(F)cc1)NC1CCCC1. The summed E-state index contributed by atoms with van der Waals surface area (Å²) in [6, 6.07) is 9.39. The zero-order valence-electron chi connectivity index (χ0n) is 15.0. The van der Waals surface area contributed by atoms with Crippen LogP contribution in [0.3, 0.4) is 0 Å². The van der Waals surface area contributed by atoms with Crippen LogP contribution in [0.5, 0.6) is 0 Å². The highest BCUT2D eigenvalue weighted by Crippen LogP contribution is 2.35. The lowest BCUT2D eigenvalue weighted by molar-refractivity contribution is -0.122. The van der Waals surface area contributed by atoms with Crippen molar-refractivity contribution in [1.29, 1.82) is 0 Å². The molecule has 6 heteroatoms. The van der Waals surface area contributed by atoms with E-state index in [1.54, 1.807) is 35.4 Å². The first-order valence-corrected chi connectivity index (χ1v) is 9.41. The monoisotopic (exact) mass is 367 g/mol. The lowest BCUT2D eigenvalue weighted by Gasteiger charge is -2.25. The number of amides is 2. The number of pyridine rings is 1. The minimum atomic E-state index is -0.403. The second-order valence-electron chi connectivity index (χ2n) is 7.26. The fourth-order valence-corrected chi connectivity index (χ4v) is 4.02. The van der Waals surface area contributed by atoms with E-state index >= 15 is 0 Å². The van der Waals surface area contributed by atoms with Gasteiger partial charge in [0.2, 0.25) is 5.91 Å². The molecule has 2 aromatic rings. The van der Waals surface area contributed by atoms with Crippen molar-refractivity contribution in [1.82, 2.24) is 15.2 Å². The van der Waals surface area contributed by atoms with Gasteiger partial charge in [-0.05, 0) is 42.7 Å². The van der Waals surface area contributed by atoms with Gasteiger partial charge in [0.05, 0.1) is 23.7 Å². The molecule has 1 aromatic heterocycles. The Bertz CT molecular complexity index is 847. The largest absolute Gasteiger partial charge is 0.353 e. The van der Waals surface area contributed by atoms with Crippen molar-refractivity contribution < 1.29 is 14.0 Å². The Balaban J connectivity index is 1.55. The molecule has 5 nitrogen and oxygen atoms in total. The number of carbonyl (C=O) groups excluding carboxylic acids is 2. The summed E-state index contributed by atoms with van der Waals surface area (Å²) in [5, 5.41) is 3.09. The normalized spacial score (nSPS) is 19.4. The number of carbonyl (C=O) groups is 2. The zero-order chi connectivity index (χ0) is 18.8. The molecule has 1 N–H and O–H groups in total. The Hall–Kier alpha value is -2.76. The maximum Gasteiger partial charge on any atom is 0.256 e. The van der Waals surface area contributed by atoms with Crippen LogP contribution < -0.4 is 5.32 Å². The molecule has 1 atom stereocenters. The minimum absolute atomic E-state index is 0.0534. The average Bonchev–Trinajstić information content (AvgIpc) is 3.26. The van der Waals surface area contributed by atoms with Crippen LogP contribution >= 0.6 is 0 Å². The van der Waals surface area contributed by atoms with Gasteiger partial charge < -0.3 is 10.2 Å². The third-order valence-electron chi connectivity index (χ3n) is 5.39. The number of aromatic nitrogens is 1. The zero-order valence-corrected chi connectivity index (χ0v) is 15.0. The van der Waals surface area contributed by atoms with E-state index in [1.165, 1.54) is 12.1 Å². The molecule has 2 heterocycles. The number of fused-ring (bicyclic) bond motifs is 1. The lowest BCUT2D eigenvalue weighted by Crippen LogP contribution is -2.36. The van der Waals surface area contributed by atoms with Gasteiger partial charge >= 0.3 is 0 Å². The highest BCUT2D eigenvalue weighted by atomic mass is 19.1. The smallest absolute Gasteiger partial charge is 0.256 e. The summed E-state index contributed by atoms with van der Waals surface area (Å²) < 4.78 is 13.2. The molecule has 0 unspecified atom stereocenters. The van der Waals surface area contributed by atoms with Crippen molar-refractivity contribution in [2.75, 3.05) is 0 Å². The third kappa shape index (κ3) is 3.70. The van der Waals surface area contributed by atoms with Crippen molar-refractivity contribution >= 4 is 11.8 Å². The number of nitrogens with one attached hydrogen (secondary N) is 1. The van der Waals surface area contributed by atoms with Crippen molar-refractivity contribution in [3.63, 3.8) is 0 Å². The second kappa shape index (κ2) is 7.47. The van der Waals surface area contributed by atoms with Gasteiger partial charge in [0.1, 0.15) is 5.82 Å². The molecule has 0 spiro atoms. The molecule has 2 amide bonds. The van der Waals surface area contributed by atoms with E-state index in [1.807, 2.05) is 0 Å². The molecule has 1 aliphatic heterocycles. The average molecular weight is 367 g/mol. The van der Waals surface area contributed by atoms with Crippen molar-refractivity contribution in [2.24, 2.45) is 0 Å². The summed E-state index contributed by atoms with van der Waals surface area (Å²) in [4.78, 5) is 31.5. The van der Waals surface area contributed by atoms with Gasteiger partial charge in [-0.25, -0.2) is 4.39 Å². The van der Waals surface area contributed by atoms with Gasteiger partial charge in [0.25, 0.3) is 5.91 Å². The van der Waals surface area contributed by atoms with Crippen molar-refractivity contribution in [3.05, 3.63) is 65.2 Å². The summed E-state index contributed by atoms with van der Waals surface area (Å²) in [5.41, 5.74) is 2.00. The first kappa shape index (κ1) is 17.6. The summed E-state index contributed by atoms with van der Waals surface area (Å²) in [6.45, 7) is 0.316. The predicted octanol–water partition coefficient (Wildman–Crippen LogP) is 3.37. The van der Waals surface area contributed by atoms with Crippen LogP contribution in [-0.2, 0) is 11.3 Å². The Labute approximate surface area is 157 Å². The maximum absolute atomic E-state index is 13.2. The molecule has 4 rings (SSSR count). The molecule has 1 aliphatic carbocycles. The molecular weight excluding hydrogens is 345 g/mol. The molecule has 0 saturated heterocycles. The number of hydrogen-bond acceptors (Lipinski definition) is 3. The molecule has 2 aliphatic rings. The van der Waals surface area contributed by atoms with E-state index in [0.717, 1.165) is 31.2 Å². The fourth-order valence-electron chi connectivity index (χ4n) is 4.02. The van der Waals surface area contributed by atoms with E-state index in [2.05, 4.69) is 10.3 Å². The topological polar surface area (TPSA) is 62.3 Å². The Kier molecular flexibility index (Phi) is 4.88. The molecule has 0 bridgehead atoms. The molecule has 1 saturated carbocycles. The highest BCUT2D eigenvalue weighted by molar-refractivity contribution is 5.99. The van der Waals surface area contributed by atoms with Crippen LogP contribution in [0.4, 0.5) is 4.39 Å². The van der Waals surface area contributed by atoms with Crippen LogP contribution in [-0.4, -0.2) is 27.7 Å². The molecule has 140 valence electrons. The van der Waals surface area contributed by atoms with E-state index in [9.17, 15) is 14.0 Å². The van der Waals surface area contributed by atoms with Crippen LogP contribution in [0.2, 0.25) is 0 Å². The lowest BCUT2D eigenvalue weighted by atomic mass is 10.1. The molecule has 1 aromatic carbocycles. The van der Waals surface area contributed by atoms with E-state index in [4.69, 9.17) is 0 Å². The van der Waals surface area contributed by atoms with Gasteiger partial charge in [0, 0.05) is 18.8 Å². The maximum atomic E-state index is 13.2. The minimum Gasteiger partial charge on any atom is -0.353 e. The molecule has 27 heavy (non-hydrogen) atoms. The van der Waals surface area contributed by atoms with Crippen molar-refractivity contribution in [3.8, 4) is 0 Å².